The quantitative estimate of drug-likeness (QED) is 0.368. The van der Waals surface area contributed by atoms with Crippen LogP contribution in [0.1, 0.15) is 17.2 Å². The normalized spacial score (nSPS) is 12.0. The van der Waals surface area contributed by atoms with Gasteiger partial charge in [0.05, 0.1) is 6.54 Å². The molecule has 4 nitrogen and oxygen atoms in total. The van der Waals surface area contributed by atoms with Crippen LogP contribution in [0.2, 0.25) is 0 Å². The molecule has 0 fully saturated rings. The molecule has 1 aromatic heterocycles. The Bertz CT molecular complexity index is 1040. The highest BCUT2D eigenvalue weighted by Crippen LogP contribution is 2.26. The van der Waals surface area contributed by atoms with E-state index in [2.05, 4.69) is 34.6 Å². The van der Waals surface area contributed by atoms with Crippen LogP contribution in [0.15, 0.2) is 91.1 Å². The first-order valence-corrected chi connectivity index (χ1v) is 9.38. The van der Waals surface area contributed by atoms with Crippen LogP contribution in [0.3, 0.4) is 0 Å². The number of ether oxygens (including phenoxy) is 1. The van der Waals surface area contributed by atoms with Gasteiger partial charge in [-0.25, -0.2) is 0 Å². The number of carbonyl (C=O) groups is 1. The number of para-hydroxylation sites is 2. The van der Waals surface area contributed by atoms with Crippen LogP contribution in [0, 0.1) is 0 Å². The average Bonchev–Trinajstić information content (AvgIpc) is 3.17. The smallest absolute Gasteiger partial charge is 0.325 e. The van der Waals surface area contributed by atoms with Crippen molar-refractivity contribution in [2.45, 2.75) is 12.5 Å². The van der Waals surface area contributed by atoms with Gasteiger partial charge in [0.2, 0.25) is 0 Å². The lowest BCUT2D eigenvalue weighted by molar-refractivity contribution is -0.133. The van der Waals surface area contributed by atoms with Gasteiger partial charge in [-0.05, 0) is 35.7 Å². The van der Waals surface area contributed by atoms with Gasteiger partial charge in [0, 0.05) is 23.1 Å². The van der Waals surface area contributed by atoms with E-state index >= 15 is 0 Å². The summed E-state index contributed by atoms with van der Waals surface area (Å²) in [5, 5.41) is 4.55. The lowest BCUT2D eigenvalue weighted by Crippen LogP contribution is -2.31. The van der Waals surface area contributed by atoms with E-state index in [1.807, 2.05) is 54.7 Å². The molecule has 0 spiro atoms. The van der Waals surface area contributed by atoms with Gasteiger partial charge in [-0.2, -0.15) is 0 Å². The number of esters is 1. The molecule has 4 heteroatoms. The number of carbonyl (C=O) groups excluding carboxylic acids is 1. The predicted molar refractivity (Wildman–Crippen MR) is 111 cm³/mol. The molecule has 1 atom stereocenters. The molecule has 140 valence electrons. The molecule has 2 N–H and O–H groups in total. The molecule has 0 amide bonds. The molecule has 0 saturated heterocycles. The van der Waals surface area contributed by atoms with E-state index in [4.69, 9.17) is 4.74 Å². The number of benzene rings is 3. The summed E-state index contributed by atoms with van der Waals surface area (Å²) in [5.74, 6) is 0.255. The van der Waals surface area contributed by atoms with Gasteiger partial charge in [0.15, 0.2) is 0 Å². The summed E-state index contributed by atoms with van der Waals surface area (Å²) in [7, 11) is 0. The van der Waals surface area contributed by atoms with Crippen LogP contribution in [-0.4, -0.2) is 17.5 Å². The fourth-order valence-corrected chi connectivity index (χ4v) is 3.39. The number of aromatic amines is 1. The lowest BCUT2D eigenvalue weighted by atomic mass is 9.98. The fraction of sp³-hybridized carbons (Fsp3) is 0.125. The van der Waals surface area contributed by atoms with Crippen molar-refractivity contribution in [3.8, 4) is 5.75 Å². The molecule has 1 heterocycles. The molecule has 0 aliphatic heterocycles. The highest BCUT2D eigenvalue weighted by molar-refractivity contribution is 5.83. The summed E-state index contributed by atoms with van der Waals surface area (Å²) in [4.78, 5) is 15.6. The first-order valence-electron chi connectivity index (χ1n) is 9.38. The Kier molecular flexibility index (Phi) is 5.50. The number of aromatic nitrogens is 1. The Labute approximate surface area is 164 Å². The molecule has 3 aromatic carbocycles. The first kappa shape index (κ1) is 18.0. The molecule has 0 aliphatic rings. The highest BCUT2D eigenvalue weighted by atomic mass is 16.5. The van der Waals surface area contributed by atoms with Crippen LogP contribution in [-0.2, 0) is 11.2 Å². The zero-order valence-electron chi connectivity index (χ0n) is 15.5. The maximum Gasteiger partial charge on any atom is 0.325 e. The Hall–Kier alpha value is -3.37. The van der Waals surface area contributed by atoms with E-state index in [0.717, 1.165) is 22.9 Å². The first-order chi connectivity index (χ1) is 13.8. The fourth-order valence-electron chi connectivity index (χ4n) is 3.39. The van der Waals surface area contributed by atoms with E-state index < -0.39 is 0 Å². The van der Waals surface area contributed by atoms with Crippen LogP contribution < -0.4 is 10.1 Å². The van der Waals surface area contributed by atoms with Crippen molar-refractivity contribution >= 4 is 16.9 Å². The molecular formula is C24H22N2O2. The lowest BCUT2D eigenvalue weighted by Gasteiger charge is -2.18. The minimum absolute atomic E-state index is 0.0122. The summed E-state index contributed by atoms with van der Waals surface area (Å²) in [6.07, 6.45) is 2.80. The molecule has 0 aliphatic carbocycles. The predicted octanol–water partition coefficient (Wildman–Crippen LogP) is 4.65. The van der Waals surface area contributed by atoms with Gasteiger partial charge in [-0.15, -0.1) is 0 Å². The second-order valence-corrected chi connectivity index (χ2v) is 6.70. The van der Waals surface area contributed by atoms with Crippen molar-refractivity contribution in [1.82, 2.24) is 10.3 Å². The van der Waals surface area contributed by atoms with E-state index in [1.54, 1.807) is 12.1 Å². The van der Waals surface area contributed by atoms with Crippen molar-refractivity contribution in [2.24, 2.45) is 0 Å². The minimum atomic E-state index is -0.302. The Morgan fingerprint density at radius 1 is 0.893 bits per heavy atom. The Balaban J connectivity index is 1.52. The van der Waals surface area contributed by atoms with Gasteiger partial charge >= 0.3 is 5.97 Å². The van der Waals surface area contributed by atoms with Crippen LogP contribution in [0.5, 0.6) is 5.75 Å². The topological polar surface area (TPSA) is 54.1 Å². The number of rotatable bonds is 7. The molecule has 0 radical (unpaired) electrons. The van der Waals surface area contributed by atoms with Gasteiger partial charge in [0.1, 0.15) is 5.75 Å². The maximum atomic E-state index is 12.3. The van der Waals surface area contributed by atoms with Crippen molar-refractivity contribution in [3.63, 3.8) is 0 Å². The van der Waals surface area contributed by atoms with Crippen LogP contribution >= 0.6 is 0 Å². The highest BCUT2D eigenvalue weighted by Gasteiger charge is 2.18. The minimum Gasteiger partial charge on any atom is -0.426 e. The van der Waals surface area contributed by atoms with Gasteiger partial charge in [-0.1, -0.05) is 66.7 Å². The molecule has 0 saturated carbocycles. The molecular weight excluding hydrogens is 348 g/mol. The monoisotopic (exact) mass is 370 g/mol. The summed E-state index contributed by atoms with van der Waals surface area (Å²) < 4.78 is 5.41. The zero-order chi connectivity index (χ0) is 19.2. The molecule has 28 heavy (non-hydrogen) atoms. The number of fused-ring (bicyclic) bond motifs is 1. The van der Waals surface area contributed by atoms with Crippen molar-refractivity contribution < 1.29 is 9.53 Å². The second kappa shape index (κ2) is 8.55. The summed E-state index contributed by atoms with van der Waals surface area (Å²) in [6.45, 7) is 0.131. The van der Waals surface area contributed by atoms with Crippen molar-refractivity contribution in [3.05, 3.63) is 102 Å². The van der Waals surface area contributed by atoms with Crippen LogP contribution in [0.25, 0.3) is 10.9 Å². The third-order valence-electron chi connectivity index (χ3n) is 4.75. The summed E-state index contributed by atoms with van der Waals surface area (Å²) in [6, 6.07) is 27.6. The van der Waals surface area contributed by atoms with Gasteiger partial charge in [0.25, 0.3) is 0 Å². The number of nitrogens with one attached hydrogen (secondary N) is 2. The SMILES string of the molecule is O=C(CN[C@H](Cc1ccccc1)c1c[nH]c2ccccc12)Oc1ccccc1. The molecule has 4 aromatic rings. The third kappa shape index (κ3) is 4.30. The van der Waals surface area contributed by atoms with E-state index in [1.165, 1.54) is 5.56 Å². The molecule has 0 unspecified atom stereocenters. The largest absolute Gasteiger partial charge is 0.426 e. The summed E-state index contributed by atoms with van der Waals surface area (Å²) in [5.41, 5.74) is 3.44. The van der Waals surface area contributed by atoms with Gasteiger partial charge < -0.3 is 9.72 Å². The van der Waals surface area contributed by atoms with E-state index in [9.17, 15) is 4.79 Å². The van der Waals surface area contributed by atoms with E-state index in [-0.39, 0.29) is 18.6 Å². The standard InChI is InChI=1S/C24H22N2O2/c27-24(28-19-11-5-2-6-12-19)17-26-23(15-18-9-3-1-4-10-18)21-16-25-22-14-8-7-13-20(21)22/h1-14,16,23,25-26H,15,17H2/t23-/m1/s1. The molecule has 4 rings (SSSR count). The molecule has 0 bridgehead atoms. The zero-order valence-corrected chi connectivity index (χ0v) is 15.5. The Morgan fingerprint density at radius 3 is 2.36 bits per heavy atom. The number of H-pyrrole nitrogens is 1. The number of hydrogen-bond donors (Lipinski definition) is 2. The van der Waals surface area contributed by atoms with E-state index in [0.29, 0.717) is 5.75 Å². The third-order valence-corrected chi connectivity index (χ3v) is 4.75. The average molecular weight is 370 g/mol. The van der Waals surface area contributed by atoms with Crippen LogP contribution in [0.4, 0.5) is 0 Å². The van der Waals surface area contributed by atoms with Gasteiger partial charge in [-0.3, -0.25) is 10.1 Å². The summed E-state index contributed by atoms with van der Waals surface area (Å²) >= 11 is 0. The maximum absolute atomic E-state index is 12.3. The van der Waals surface area contributed by atoms with Crippen molar-refractivity contribution in [2.75, 3.05) is 6.54 Å². The van der Waals surface area contributed by atoms with Crippen molar-refractivity contribution in [1.29, 1.82) is 0 Å². The Morgan fingerprint density at radius 2 is 1.57 bits per heavy atom. The second-order valence-electron chi connectivity index (χ2n) is 6.70. The number of hydrogen-bond acceptors (Lipinski definition) is 3.